The first-order chi connectivity index (χ1) is 9.24. The van der Waals surface area contributed by atoms with E-state index in [1.54, 1.807) is 0 Å². The summed E-state index contributed by atoms with van der Waals surface area (Å²) in [5.74, 6) is -1.95. The molecule has 20 heavy (non-hydrogen) atoms. The van der Waals surface area contributed by atoms with Crippen LogP contribution in [-0.2, 0) is 11.4 Å². The number of rotatable bonds is 2. The smallest absolute Gasteiger partial charge is 0.430 e. The van der Waals surface area contributed by atoms with Crippen LogP contribution in [0.15, 0.2) is 17.7 Å². The minimum Gasteiger partial charge on any atom is -0.478 e. The number of carboxylic acids is 1. The van der Waals surface area contributed by atoms with Gasteiger partial charge in [0.2, 0.25) is 6.10 Å². The molecule has 0 fully saturated rings. The Balaban J connectivity index is 2.62. The highest BCUT2D eigenvalue weighted by Gasteiger charge is 2.48. The largest absolute Gasteiger partial charge is 0.478 e. The second-order valence-corrected chi connectivity index (χ2v) is 4.52. The Morgan fingerprint density at radius 1 is 1.40 bits per heavy atom. The number of hydrogen-bond donors (Lipinski definition) is 2. The maximum absolute atomic E-state index is 12.8. The van der Waals surface area contributed by atoms with E-state index in [1.165, 1.54) is 12.1 Å². The van der Waals surface area contributed by atoms with Crippen LogP contribution in [0.1, 0.15) is 11.1 Å². The van der Waals surface area contributed by atoms with E-state index in [1.807, 2.05) is 0 Å². The first-order valence-corrected chi connectivity index (χ1v) is 5.73. The van der Waals surface area contributed by atoms with Gasteiger partial charge in [-0.25, -0.2) is 4.79 Å². The Morgan fingerprint density at radius 2 is 2.05 bits per heavy atom. The SMILES string of the molecule is O=C(O)C1=Cc2cc(Cl)cc(CO)c2OC1C(F)(F)F. The fourth-order valence-corrected chi connectivity index (χ4v) is 2.13. The van der Waals surface area contributed by atoms with Gasteiger partial charge in [0.05, 0.1) is 12.2 Å². The van der Waals surface area contributed by atoms with Crippen LogP contribution in [0.4, 0.5) is 13.2 Å². The van der Waals surface area contributed by atoms with Crippen LogP contribution in [0.2, 0.25) is 5.02 Å². The summed E-state index contributed by atoms with van der Waals surface area (Å²) in [6.45, 7) is -0.580. The van der Waals surface area contributed by atoms with Crippen LogP contribution < -0.4 is 4.74 Å². The minimum absolute atomic E-state index is 0.0578. The van der Waals surface area contributed by atoms with Crippen molar-refractivity contribution in [3.63, 3.8) is 0 Å². The molecule has 0 aliphatic carbocycles. The maximum Gasteiger partial charge on any atom is 0.430 e. The van der Waals surface area contributed by atoms with Crippen LogP contribution in [0.3, 0.4) is 0 Å². The lowest BCUT2D eigenvalue weighted by Crippen LogP contribution is -2.40. The standard InChI is InChI=1S/C12H8ClF3O4/c13-7-1-5-3-8(11(18)19)10(12(14,15)16)20-9(5)6(2-7)4-17/h1-3,10,17H,4H2,(H,18,19). The number of aliphatic carboxylic acids is 1. The maximum atomic E-state index is 12.8. The normalized spacial score (nSPS) is 18.1. The van der Waals surface area contributed by atoms with E-state index < -0.39 is 30.4 Å². The number of hydrogen-bond acceptors (Lipinski definition) is 3. The molecule has 0 saturated carbocycles. The molecule has 8 heteroatoms. The van der Waals surface area contributed by atoms with Crippen molar-refractivity contribution in [1.29, 1.82) is 0 Å². The number of alkyl halides is 3. The molecule has 0 saturated heterocycles. The van der Waals surface area contributed by atoms with Crippen molar-refractivity contribution in [3.05, 3.63) is 33.9 Å². The summed E-state index contributed by atoms with van der Waals surface area (Å²) in [5.41, 5.74) is -0.793. The van der Waals surface area contributed by atoms with E-state index in [-0.39, 0.29) is 21.9 Å². The van der Waals surface area contributed by atoms with E-state index in [0.717, 1.165) is 6.08 Å². The third-order valence-corrected chi connectivity index (χ3v) is 2.92. The van der Waals surface area contributed by atoms with Crippen molar-refractivity contribution in [3.8, 4) is 5.75 Å². The summed E-state index contributed by atoms with van der Waals surface area (Å²) >= 11 is 5.75. The fraction of sp³-hybridized carbons (Fsp3) is 0.250. The van der Waals surface area contributed by atoms with Gasteiger partial charge in [0.25, 0.3) is 0 Å². The first-order valence-electron chi connectivity index (χ1n) is 5.35. The Morgan fingerprint density at radius 3 is 2.55 bits per heavy atom. The number of aliphatic hydroxyl groups excluding tert-OH is 1. The Hall–Kier alpha value is -1.73. The molecular weight excluding hydrogens is 301 g/mol. The molecule has 2 N–H and O–H groups in total. The molecule has 1 aliphatic rings. The molecule has 108 valence electrons. The zero-order valence-electron chi connectivity index (χ0n) is 9.74. The second kappa shape index (κ2) is 4.99. The van der Waals surface area contributed by atoms with Crippen molar-refractivity contribution >= 4 is 23.6 Å². The minimum atomic E-state index is -4.88. The van der Waals surface area contributed by atoms with Gasteiger partial charge in [-0.15, -0.1) is 0 Å². The van der Waals surface area contributed by atoms with Crippen LogP contribution in [0, 0.1) is 0 Å². The molecule has 0 aromatic heterocycles. The average molecular weight is 309 g/mol. The predicted octanol–water partition coefficient (Wildman–Crippen LogP) is 2.62. The molecule has 0 radical (unpaired) electrons. The van der Waals surface area contributed by atoms with E-state index in [9.17, 15) is 18.0 Å². The van der Waals surface area contributed by atoms with Gasteiger partial charge in [0.15, 0.2) is 0 Å². The van der Waals surface area contributed by atoms with E-state index in [4.69, 9.17) is 26.6 Å². The number of aliphatic hydroxyl groups is 1. The van der Waals surface area contributed by atoms with Crippen molar-refractivity contribution in [2.75, 3.05) is 0 Å². The average Bonchev–Trinajstić information content (AvgIpc) is 2.34. The zero-order valence-corrected chi connectivity index (χ0v) is 10.5. The van der Waals surface area contributed by atoms with Gasteiger partial charge < -0.3 is 14.9 Å². The lowest BCUT2D eigenvalue weighted by molar-refractivity contribution is -0.187. The highest BCUT2D eigenvalue weighted by Crippen LogP contribution is 2.40. The molecule has 1 aromatic rings. The van der Waals surface area contributed by atoms with Gasteiger partial charge in [0, 0.05) is 16.1 Å². The molecule has 1 heterocycles. The third-order valence-electron chi connectivity index (χ3n) is 2.70. The second-order valence-electron chi connectivity index (χ2n) is 4.09. The van der Waals surface area contributed by atoms with Crippen LogP contribution in [0.5, 0.6) is 5.75 Å². The number of fused-ring (bicyclic) bond motifs is 1. The highest BCUT2D eigenvalue weighted by atomic mass is 35.5. The molecule has 0 spiro atoms. The third kappa shape index (κ3) is 2.59. The quantitative estimate of drug-likeness (QED) is 0.881. The fourth-order valence-electron chi connectivity index (χ4n) is 1.88. The van der Waals surface area contributed by atoms with Crippen molar-refractivity contribution in [1.82, 2.24) is 0 Å². The molecule has 1 unspecified atom stereocenters. The number of benzene rings is 1. The van der Waals surface area contributed by atoms with Crippen molar-refractivity contribution in [2.45, 2.75) is 18.9 Å². The van der Waals surface area contributed by atoms with Crippen LogP contribution in [-0.4, -0.2) is 28.5 Å². The molecular formula is C12H8ClF3O4. The Kier molecular flexibility index (Phi) is 3.66. The number of halogens is 4. The number of carboxylic acid groups (broad SMARTS) is 1. The van der Waals surface area contributed by atoms with Gasteiger partial charge in [-0.1, -0.05) is 11.6 Å². The Labute approximate surface area is 116 Å². The molecule has 1 aromatic carbocycles. The lowest BCUT2D eigenvalue weighted by atomic mass is 9.99. The van der Waals surface area contributed by atoms with Gasteiger partial charge in [-0.3, -0.25) is 0 Å². The summed E-state index contributed by atoms with van der Waals surface area (Å²) in [6.07, 6.45) is -6.61. The summed E-state index contributed by atoms with van der Waals surface area (Å²) in [5, 5.41) is 18.1. The summed E-state index contributed by atoms with van der Waals surface area (Å²) in [4.78, 5) is 10.9. The molecule has 1 atom stereocenters. The van der Waals surface area contributed by atoms with Crippen LogP contribution >= 0.6 is 11.6 Å². The number of carbonyl (C=O) groups is 1. The Bertz CT molecular complexity index is 595. The molecule has 1 aliphatic heterocycles. The lowest BCUT2D eigenvalue weighted by Gasteiger charge is -2.28. The number of ether oxygens (including phenoxy) is 1. The highest BCUT2D eigenvalue weighted by molar-refractivity contribution is 6.30. The van der Waals surface area contributed by atoms with Gasteiger partial charge in [-0.05, 0) is 18.2 Å². The topological polar surface area (TPSA) is 66.8 Å². The molecule has 0 amide bonds. The summed E-state index contributed by atoms with van der Waals surface area (Å²) < 4.78 is 43.3. The zero-order chi connectivity index (χ0) is 15.1. The van der Waals surface area contributed by atoms with Crippen molar-refractivity contribution < 1.29 is 32.9 Å². The van der Waals surface area contributed by atoms with Gasteiger partial charge in [-0.2, -0.15) is 13.2 Å². The molecule has 4 nitrogen and oxygen atoms in total. The monoisotopic (exact) mass is 308 g/mol. The van der Waals surface area contributed by atoms with Gasteiger partial charge >= 0.3 is 12.1 Å². The summed E-state index contributed by atoms with van der Waals surface area (Å²) in [6, 6.07) is 2.53. The van der Waals surface area contributed by atoms with E-state index in [2.05, 4.69) is 0 Å². The van der Waals surface area contributed by atoms with Crippen LogP contribution in [0.25, 0.3) is 6.08 Å². The molecule has 0 bridgehead atoms. The van der Waals surface area contributed by atoms with E-state index in [0.29, 0.717) is 0 Å². The summed E-state index contributed by atoms with van der Waals surface area (Å²) in [7, 11) is 0. The first kappa shape index (κ1) is 14.7. The van der Waals surface area contributed by atoms with E-state index >= 15 is 0 Å². The van der Waals surface area contributed by atoms with Crippen molar-refractivity contribution in [2.24, 2.45) is 0 Å². The predicted molar refractivity (Wildman–Crippen MR) is 63.5 cm³/mol. The van der Waals surface area contributed by atoms with Gasteiger partial charge in [0.1, 0.15) is 5.75 Å². The molecule has 2 rings (SSSR count).